The first-order valence-corrected chi connectivity index (χ1v) is 10.2. The maximum atomic E-state index is 11.9. The Morgan fingerprint density at radius 2 is 2.05 bits per heavy atom. The summed E-state index contributed by atoms with van der Waals surface area (Å²) in [6.07, 6.45) is 9.20. The van der Waals surface area contributed by atoms with Gasteiger partial charge in [0.25, 0.3) is 5.91 Å². The van der Waals surface area contributed by atoms with Crippen molar-refractivity contribution in [3.05, 3.63) is 58.7 Å². The molecule has 0 aromatic heterocycles. The Morgan fingerprint density at radius 3 is 2.73 bits per heavy atom. The smallest absolute Gasteiger partial charge is 0.267 e. The Morgan fingerprint density at radius 1 is 1.27 bits per heavy atom. The molecule has 111 valence electrons. The maximum Gasteiger partial charge on any atom is 0.270 e. The molecule has 22 heavy (non-hydrogen) atoms. The van der Waals surface area contributed by atoms with Crippen molar-refractivity contribution in [1.29, 1.82) is 0 Å². The molecule has 1 aromatic rings. The fraction of sp³-hybridized carbons (Fsp3) is 0.263. The summed E-state index contributed by atoms with van der Waals surface area (Å²) in [5, 5.41) is 1.36. The molecule has 1 radical (unpaired) electrons. The molecule has 3 rings (SSSR count). The van der Waals surface area contributed by atoms with Gasteiger partial charge in [0.15, 0.2) is 0 Å². The molecule has 2 aliphatic rings. The van der Waals surface area contributed by atoms with Gasteiger partial charge in [-0.25, -0.2) is 0 Å². The average molecular weight is 306 g/mol. The number of fused-ring (bicyclic) bond motifs is 1. The molecule has 0 aliphatic heterocycles. The van der Waals surface area contributed by atoms with E-state index in [1.807, 2.05) is 6.08 Å². The van der Waals surface area contributed by atoms with E-state index in [1.165, 1.54) is 16.3 Å². The summed E-state index contributed by atoms with van der Waals surface area (Å²) in [5.41, 5.74) is 12.9. The molecule has 0 saturated carbocycles. The number of amides is 1. The number of allylic oxidation sites excluding steroid dienone is 3. The number of benzene rings is 1. The highest BCUT2D eigenvalue weighted by molar-refractivity contribution is 6.77. The van der Waals surface area contributed by atoms with Crippen LogP contribution in [0, 0.1) is 5.92 Å². The normalized spacial score (nSPS) is 19.6. The molecule has 1 N–H and O–H groups in total. The summed E-state index contributed by atoms with van der Waals surface area (Å²) in [6.45, 7) is 6.72. The second kappa shape index (κ2) is 5.65. The topological polar surface area (TPSA) is 40.9 Å². The first kappa shape index (κ1) is 14.9. The lowest BCUT2D eigenvalue weighted by molar-refractivity contribution is -0.114. The van der Waals surface area contributed by atoms with Gasteiger partial charge in [-0.2, -0.15) is 0 Å². The van der Waals surface area contributed by atoms with Crippen molar-refractivity contribution in [3.63, 3.8) is 0 Å². The quantitative estimate of drug-likeness (QED) is 0.771. The van der Waals surface area contributed by atoms with Crippen LogP contribution in [0.5, 0.6) is 0 Å². The summed E-state index contributed by atoms with van der Waals surface area (Å²) >= 11 is 0. The van der Waals surface area contributed by atoms with Crippen LogP contribution in [0.3, 0.4) is 0 Å². The molecule has 2 nitrogen and oxygen atoms in total. The van der Waals surface area contributed by atoms with E-state index in [0.29, 0.717) is 11.5 Å². The van der Waals surface area contributed by atoms with Gasteiger partial charge >= 0.3 is 0 Å². The van der Waals surface area contributed by atoms with Gasteiger partial charge in [-0.1, -0.05) is 67.7 Å². The SMILES string of the molecule is CC1C=CC(C([NH])=O)=C(c2cccc3c2C=CC3)C1=[Si](C)C. The van der Waals surface area contributed by atoms with Crippen LogP contribution < -0.4 is 5.73 Å². The first-order valence-electron chi connectivity index (χ1n) is 7.65. The Bertz CT molecular complexity index is 777. The molecular formula is C19H20NOSi. The van der Waals surface area contributed by atoms with Crippen molar-refractivity contribution in [1.82, 2.24) is 5.73 Å². The number of carbonyl (C=O) groups is 1. The Balaban J connectivity index is 2.35. The van der Waals surface area contributed by atoms with Crippen molar-refractivity contribution in [2.75, 3.05) is 0 Å². The van der Waals surface area contributed by atoms with E-state index in [1.54, 1.807) is 0 Å². The van der Waals surface area contributed by atoms with E-state index in [-0.39, 0.29) is 0 Å². The number of hydrogen-bond donors (Lipinski definition) is 0. The van der Waals surface area contributed by atoms with E-state index in [2.05, 4.69) is 56.4 Å². The third kappa shape index (κ3) is 2.35. The van der Waals surface area contributed by atoms with Crippen molar-refractivity contribution < 1.29 is 4.79 Å². The van der Waals surface area contributed by atoms with Gasteiger partial charge in [0.2, 0.25) is 0 Å². The molecule has 0 fully saturated rings. The number of hydrogen-bond acceptors (Lipinski definition) is 1. The van der Waals surface area contributed by atoms with Gasteiger partial charge in [-0.3, -0.25) is 10.5 Å². The van der Waals surface area contributed by atoms with Gasteiger partial charge in [0, 0.05) is 14.0 Å². The maximum absolute atomic E-state index is 11.9. The Kier molecular flexibility index (Phi) is 3.83. The zero-order valence-corrected chi connectivity index (χ0v) is 14.2. The van der Waals surface area contributed by atoms with Gasteiger partial charge in [-0.05, 0) is 34.6 Å². The largest absolute Gasteiger partial charge is 0.270 e. The molecule has 0 heterocycles. The summed E-state index contributed by atoms with van der Waals surface area (Å²) in [4.78, 5) is 11.9. The monoisotopic (exact) mass is 306 g/mol. The summed E-state index contributed by atoms with van der Waals surface area (Å²) in [7, 11) is -0.714. The molecule has 1 atom stereocenters. The van der Waals surface area contributed by atoms with Crippen LogP contribution in [-0.4, -0.2) is 19.5 Å². The number of carbonyl (C=O) groups excluding carboxylic acids is 1. The molecule has 1 amide bonds. The molecule has 0 spiro atoms. The van der Waals surface area contributed by atoms with Crippen molar-refractivity contribution in [3.8, 4) is 0 Å². The standard InChI is InChI=1S/C19H20NOSi/c1-12-10-11-16(19(20)21)17(18(12)22(2)3)15-9-5-7-13-6-4-8-14(13)15/h4-5,7-12,20H,6H2,1-3H3. The second-order valence-corrected chi connectivity index (χ2v) is 8.70. The predicted octanol–water partition coefficient (Wildman–Crippen LogP) is 3.53. The first-order chi connectivity index (χ1) is 10.5. The van der Waals surface area contributed by atoms with Crippen LogP contribution in [0.2, 0.25) is 13.1 Å². The van der Waals surface area contributed by atoms with E-state index >= 15 is 0 Å². The van der Waals surface area contributed by atoms with Gasteiger partial charge in [0.1, 0.15) is 0 Å². The molecule has 2 aliphatic carbocycles. The molecule has 0 bridgehead atoms. The highest BCUT2D eigenvalue weighted by Gasteiger charge is 2.26. The minimum Gasteiger partial charge on any atom is -0.267 e. The van der Waals surface area contributed by atoms with E-state index in [0.717, 1.165) is 17.6 Å². The fourth-order valence-corrected chi connectivity index (χ4v) is 5.26. The third-order valence-electron chi connectivity index (χ3n) is 4.42. The third-order valence-corrected chi connectivity index (χ3v) is 6.20. The minimum absolute atomic E-state index is 0.336. The summed E-state index contributed by atoms with van der Waals surface area (Å²) < 4.78 is 0. The van der Waals surface area contributed by atoms with Gasteiger partial charge < -0.3 is 0 Å². The fourth-order valence-electron chi connectivity index (χ4n) is 3.49. The highest BCUT2D eigenvalue weighted by atomic mass is 28.2. The summed E-state index contributed by atoms with van der Waals surface area (Å²) in [5.74, 6) is -0.248. The van der Waals surface area contributed by atoms with E-state index in [4.69, 9.17) is 5.73 Å². The molecular weight excluding hydrogens is 286 g/mol. The van der Waals surface area contributed by atoms with Crippen molar-refractivity contribution >= 4 is 31.1 Å². The summed E-state index contributed by atoms with van der Waals surface area (Å²) in [6, 6.07) is 6.31. The average Bonchev–Trinajstić information content (AvgIpc) is 2.94. The van der Waals surface area contributed by atoms with E-state index in [9.17, 15) is 4.79 Å². The minimum atomic E-state index is -0.714. The van der Waals surface area contributed by atoms with Crippen molar-refractivity contribution in [2.45, 2.75) is 26.4 Å². The van der Waals surface area contributed by atoms with Crippen molar-refractivity contribution in [2.24, 2.45) is 5.92 Å². The van der Waals surface area contributed by atoms with Crippen LogP contribution in [0.25, 0.3) is 11.6 Å². The number of rotatable bonds is 2. The van der Waals surface area contributed by atoms with Crippen LogP contribution in [-0.2, 0) is 11.2 Å². The molecule has 1 unspecified atom stereocenters. The lowest BCUT2D eigenvalue weighted by Gasteiger charge is -2.26. The molecule has 3 heteroatoms. The predicted molar refractivity (Wildman–Crippen MR) is 95.0 cm³/mol. The zero-order valence-electron chi connectivity index (χ0n) is 13.2. The van der Waals surface area contributed by atoms with Crippen LogP contribution in [0.1, 0.15) is 23.6 Å². The zero-order chi connectivity index (χ0) is 15.9. The van der Waals surface area contributed by atoms with Crippen LogP contribution >= 0.6 is 0 Å². The van der Waals surface area contributed by atoms with Crippen LogP contribution in [0.4, 0.5) is 0 Å². The van der Waals surface area contributed by atoms with E-state index < -0.39 is 14.3 Å². The van der Waals surface area contributed by atoms with Gasteiger partial charge in [0.05, 0.1) is 0 Å². The molecule has 1 aromatic carbocycles. The Hall–Kier alpha value is -2.00. The molecule has 0 saturated heterocycles. The lowest BCUT2D eigenvalue weighted by Crippen LogP contribution is -2.25. The second-order valence-electron chi connectivity index (χ2n) is 6.16. The van der Waals surface area contributed by atoms with Crippen LogP contribution in [0.15, 0.2) is 42.0 Å². The Labute approximate surface area is 133 Å². The highest BCUT2D eigenvalue weighted by Crippen LogP contribution is 2.35. The lowest BCUT2D eigenvalue weighted by atomic mass is 9.83. The van der Waals surface area contributed by atoms with Gasteiger partial charge in [-0.15, -0.1) is 0 Å². The number of nitrogens with one attached hydrogen (secondary N) is 1.